The summed E-state index contributed by atoms with van der Waals surface area (Å²) in [7, 11) is 0. The molecule has 3 N–H and O–H groups in total. The van der Waals surface area contributed by atoms with Crippen molar-refractivity contribution in [3.63, 3.8) is 0 Å². The van der Waals surface area contributed by atoms with Crippen LogP contribution in [0.2, 0.25) is 0 Å². The third-order valence-electron chi connectivity index (χ3n) is 3.64. The van der Waals surface area contributed by atoms with Crippen molar-refractivity contribution in [2.24, 2.45) is 5.73 Å². The van der Waals surface area contributed by atoms with E-state index in [1.165, 1.54) is 24.3 Å². The molecule has 23 heavy (non-hydrogen) atoms. The molecule has 1 fully saturated rings. The molecule has 0 spiro atoms. The minimum Gasteiger partial charge on any atom is -0.406 e. The van der Waals surface area contributed by atoms with Crippen LogP contribution in [0.5, 0.6) is 5.75 Å². The zero-order chi connectivity index (χ0) is 17.0. The number of rotatable bonds is 5. The lowest BCUT2D eigenvalue weighted by atomic mass is 10.1. The molecule has 1 unspecified atom stereocenters. The average molecular weight is 332 g/mol. The summed E-state index contributed by atoms with van der Waals surface area (Å²) in [4.78, 5) is 12.1. The molecular formula is C15H19F3N2O3. The van der Waals surface area contributed by atoms with Crippen LogP contribution in [0.15, 0.2) is 24.3 Å². The van der Waals surface area contributed by atoms with E-state index < -0.39 is 12.5 Å². The van der Waals surface area contributed by atoms with Crippen molar-refractivity contribution in [3.05, 3.63) is 29.8 Å². The number of carbonyl (C=O) groups is 1. The van der Waals surface area contributed by atoms with Gasteiger partial charge >= 0.3 is 6.36 Å². The van der Waals surface area contributed by atoms with E-state index in [1.54, 1.807) is 6.92 Å². The summed E-state index contributed by atoms with van der Waals surface area (Å²) in [5.74, 6) is -0.547. The first-order valence-corrected chi connectivity index (χ1v) is 7.30. The summed E-state index contributed by atoms with van der Waals surface area (Å²) in [6.45, 7) is 2.12. The maximum absolute atomic E-state index is 12.1. The predicted octanol–water partition coefficient (Wildman–Crippen LogP) is 2.27. The van der Waals surface area contributed by atoms with Gasteiger partial charge in [0.1, 0.15) is 11.9 Å². The normalized spacial score (nSPS) is 22.7. The molecule has 8 heteroatoms. The largest absolute Gasteiger partial charge is 0.573 e. The molecular weight excluding hydrogens is 313 g/mol. The van der Waals surface area contributed by atoms with Gasteiger partial charge in [0, 0.05) is 6.54 Å². The number of nitrogens with two attached hydrogens (primary N) is 1. The molecule has 5 nitrogen and oxygen atoms in total. The van der Waals surface area contributed by atoms with Crippen molar-refractivity contribution in [1.29, 1.82) is 0 Å². The summed E-state index contributed by atoms with van der Waals surface area (Å²) in [5.41, 5.74) is 6.17. The minimum absolute atomic E-state index is 0.0974. The Balaban J connectivity index is 1.90. The van der Waals surface area contributed by atoms with E-state index in [2.05, 4.69) is 10.1 Å². The second-order valence-electron chi connectivity index (χ2n) is 5.41. The van der Waals surface area contributed by atoms with E-state index in [0.29, 0.717) is 18.5 Å². The van der Waals surface area contributed by atoms with Crippen LogP contribution >= 0.6 is 0 Å². The Kier molecular flexibility index (Phi) is 5.48. The van der Waals surface area contributed by atoms with E-state index in [9.17, 15) is 18.0 Å². The first-order valence-electron chi connectivity index (χ1n) is 7.30. The van der Waals surface area contributed by atoms with E-state index in [4.69, 9.17) is 10.5 Å². The Morgan fingerprint density at radius 1 is 1.39 bits per heavy atom. The molecule has 1 aromatic carbocycles. The second kappa shape index (κ2) is 7.18. The molecule has 1 amide bonds. The number of benzene rings is 1. The van der Waals surface area contributed by atoms with E-state index in [0.717, 1.165) is 6.42 Å². The Hall–Kier alpha value is -1.80. The molecule has 128 valence electrons. The van der Waals surface area contributed by atoms with Gasteiger partial charge in [-0.15, -0.1) is 13.2 Å². The van der Waals surface area contributed by atoms with Gasteiger partial charge in [-0.25, -0.2) is 0 Å². The maximum atomic E-state index is 12.1. The van der Waals surface area contributed by atoms with Crippen molar-refractivity contribution in [2.75, 3.05) is 6.54 Å². The number of ether oxygens (including phenoxy) is 2. The van der Waals surface area contributed by atoms with Crippen LogP contribution in [0, 0.1) is 0 Å². The topological polar surface area (TPSA) is 73.6 Å². The van der Waals surface area contributed by atoms with Gasteiger partial charge in [0.25, 0.3) is 0 Å². The smallest absolute Gasteiger partial charge is 0.406 e. The minimum atomic E-state index is -4.72. The Bertz CT molecular complexity index is 534. The fourth-order valence-corrected chi connectivity index (χ4v) is 2.42. The standard InChI is InChI=1S/C15H19F3N2O3/c1-9(20-14(21)13-7-6-12(8-19)22-13)10-2-4-11(5-3-10)23-15(16,17)18/h2-5,9,12-13H,6-8,19H2,1H3,(H,20,21)/t9?,12-,13+/m1/s1. The molecule has 0 saturated carbocycles. The Labute approximate surface area is 131 Å². The SMILES string of the molecule is CC(NC(=O)[C@@H]1CC[C@H](CN)O1)c1ccc(OC(F)(F)F)cc1. The molecule has 0 aliphatic carbocycles. The first kappa shape index (κ1) is 17.6. The van der Waals surface area contributed by atoms with Gasteiger partial charge in [0.15, 0.2) is 0 Å². The summed E-state index contributed by atoms with van der Waals surface area (Å²) in [6.07, 6.45) is -4.00. The third kappa shape index (κ3) is 5.11. The number of alkyl halides is 3. The predicted molar refractivity (Wildman–Crippen MR) is 76.6 cm³/mol. The zero-order valence-corrected chi connectivity index (χ0v) is 12.6. The zero-order valence-electron chi connectivity index (χ0n) is 12.6. The summed E-state index contributed by atoms with van der Waals surface area (Å²) >= 11 is 0. The van der Waals surface area contributed by atoms with E-state index in [1.807, 2.05) is 0 Å². The molecule has 0 radical (unpaired) electrons. The number of hydrogen-bond donors (Lipinski definition) is 2. The highest BCUT2D eigenvalue weighted by molar-refractivity contribution is 5.81. The Morgan fingerprint density at radius 2 is 2.04 bits per heavy atom. The number of halogens is 3. The number of carbonyl (C=O) groups excluding carboxylic acids is 1. The van der Waals surface area contributed by atoms with E-state index >= 15 is 0 Å². The van der Waals surface area contributed by atoms with Crippen molar-refractivity contribution in [2.45, 2.75) is 44.4 Å². The molecule has 1 saturated heterocycles. The van der Waals surface area contributed by atoms with Crippen LogP contribution in [-0.4, -0.2) is 31.0 Å². The van der Waals surface area contributed by atoms with Crippen LogP contribution in [-0.2, 0) is 9.53 Å². The molecule has 1 aliphatic rings. The maximum Gasteiger partial charge on any atom is 0.573 e. The van der Waals surface area contributed by atoms with Gasteiger partial charge in [-0.1, -0.05) is 12.1 Å². The fourth-order valence-electron chi connectivity index (χ4n) is 2.42. The van der Waals surface area contributed by atoms with Crippen LogP contribution < -0.4 is 15.8 Å². The van der Waals surface area contributed by atoms with Gasteiger partial charge in [-0.3, -0.25) is 4.79 Å². The lowest BCUT2D eigenvalue weighted by molar-refractivity contribution is -0.274. The highest BCUT2D eigenvalue weighted by atomic mass is 19.4. The number of amides is 1. The van der Waals surface area contributed by atoms with Crippen LogP contribution in [0.4, 0.5) is 13.2 Å². The lowest BCUT2D eigenvalue weighted by Crippen LogP contribution is -2.37. The monoisotopic (exact) mass is 332 g/mol. The van der Waals surface area contributed by atoms with Crippen molar-refractivity contribution in [1.82, 2.24) is 5.32 Å². The lowest BCUT2D eigenvalue weighted by Gasteiger charge is -2.18. The van der Waals surface area contributed by atoms with Crippen LogP contribution in [0.3, 0.4) is 0 Å². The van der Waals surface area contributed by atoms with E-state index in [-0.39, 0.29) is 23.8 Å². The Morgan fingerprint density at radius 3 is 2.57 bits per heavy atom. The second-order valence-corrected chi connectivity index (χ2v) is 5.41. The molecule has 1 aliphatic heterocycles. The highest BCUT2D eigenvalue weighted by Gasteiger charge is 2.32. The van der Waals surface area contributed by atoms with Gasteiger partial charge in [-0.05, 0) is 37.5 Å². The van der Waals surface area contributed by atoms with Gasteiger partial charge in [0.2, 0.25) is 5.91 Å². The molecule has 1 heterocycles. The highest BCUT2D eigenvalue weighted by Crippen LogP contribution is 2.25. The average Bonchev–Trinajstić information content (AvgIpc) is 2.95. The summed E-state index contributed by atoms with van der Waals surface area (Å²) in [6, 6.07) is 5.02. The van der Waals surface area contributed by atoms with Gasteiger partial charge < -0.3 is 20.5 Å². The summed E-state index contributed by atoms with van der Waals surface area (Å²) < 4.78 is 45.6. The third-order valence-corrected chi connectivity index (χ3v) is 3.64. The molecule has 2 rings (SSSR count). The quantitative estimate of drug-likeness (QED) is 0.867. The first-order chi connectivity index (χ1) is 10.8. The van der Waals surface area contributed by atoms with Gasteiger partial charge in [-0.2, -0.15) is 0 Å². The number of nitrogens with one attached hydrogen (secondary N) is 1. The number of hydrogen-bond acceptors (Lipinski definition) is 4. The fraction of sp³-hybridized carbons (Fsp3) is 0.533. The molecule has 0 bridgehead atoms. The molecule has 0 aromatic heterocycles. The summed E-state index contributed by atoms with van der Waals surface area (Å²) in [5, 5.41) is 2.78. The van der Waals surface area contributed by atoms with Crippen molar-refractivity contribution >= 4 is 5.91 Å². The van der Waals surface area contributed by atoms with Crippen LogP contribution in [0.1, 0.15) is 31.4 Å². The van der Waals surface area contributed by atoms with Gasteiger partial charge in [0.05, 0.1) is 12.1 Å². The molecule has 1 aromatic rings. The molecule has 3 atom stereocenters. The van der Waals surface area contributed by atoms with Crippen molar-refractivity contribution < 1.29 is 27.4 Å². The van der Waals surface area contributed by atoms with Crippen molar-refractivity contribution in [3.8, 4) is 5.75 Å². The van der Waals surface area contributed by atoms with Crippen LogP contribution in [0.25, 0.3) is 0 Å².